The van der Waals surface area contributed by atoms with Gasteiger partial charge in [0, 0.05) is 19.8 Å². The minimum atomic E-state index is -0.299. The maximum absolute atomic E-state index is 12.4. The van der Waals surface area contributed by atoms with Gasteiger partial charge in [-0.15, -0.1) is 0 Å². The van der Waals surface area contributed by atoms with Gasteiger partial charge in [-0.3, -0.25) is 9.48 Å². The van der Waals surface area contributed by atoms with E-state index < -0.39 is 0 Å². The number of carbonyl (C=O) groups excluding carboxylic acids is 1. The highest BCUT2D eigenvalue weighted by molar-refractivity contribution is 7.16. The number of nitrogens with zero attached hydrogens (tertiary/aromatic N) is 4. The predicted octanol–water partition coefficient (Wildman–Crippen LogP) is 3.37. The van der Waals surface area contributed by atoms with E-state index in [4.69, 9.17) is 0 Å². The van der Waals surface area contributed by atoms with E-state index in [9.17, 15) is 4.79 Å². The molecule has 2 aromatic heterocycles. The second-order valence-electron chi connectivity index (χ2n) is 6.06. The molecule has 1 amide bonds. The molecule has 126 valence electrons. The average molecular weight is 342 g/mol. The van der Waals surface area contributed by atoms with Crippen LogP contribution in [0, 0.1) is 6.92 Å². The third-order valence-corrected chi connectivity index (χ3v) is 5.32. The van der Waals surface area contributed by atoms with Crippen molar-refractivity contribution in [3.05, 3.63) is 46.0 Å². The molecule has 0 saturated heterocycles. The van der Waals surface area contributed by atoms with Gasteiger partial charge in [0.25, 0.3) is 5.91 Å². The van der Waals surface area contributed by atoms with Crippen molar-refractivity contribution < 1.29 is 4.79 Å². The number of carbonyl (C=O) groups is 1. The second-order valence-corrected chi connectivity index (χ2v) is 7.07. The normalized spacial score (nSPS) is 12.2. The molecule has 0 bridgehead atoms. The maximum atomic E-state index is 12.4. The Morgan fingerprint density at radius 2 is 2.08 bits per heavy atom. The fourth-order valence-electron chi connectivity index (χ4n) is 2.63. The molecule has 0 saturated carbocycles. The van der Waals surface area contributed by atoms with Crippen molar-refractivity contribution in [3.8, 4) is 0 Å². The minimum absolute atomic E-state index is 0.299. The van der Waals surface area contributed by atoms with Gasteiger partial charge >= 0.3 is 0 Å². The van der Waals surface area contributed by atoms with E-state index >= 15 is 0 Å². The summed E-state index contributed by atoms with van der Waals surface area (Å²) < 4.78 is 4.82. The molecular weight excluding hydrogens is 320 g/mol. The summed E-state index contributed by atoms with van der Waals surface area (Å²) >= 11 is 1.55. The first kappa shape index (κ1) is 16.6. The van der Waals surface area contributed by atoms with Gasteiger partial charge in [0.05, 0.1) is 10.2 Å². The van der Waals surface area contributed by atoms with Crippen LogP contribution in [0.5, 0.6) is 0 Å². The quantitative estimate of drug-likeness (QED) is 0.730. The standard InChI is InChI=1S/C18H22N4OS/c1-5-6-7-13-8-9-15-16(11-13)24-18(21(15)3)19-17(23)14-10-12(2)22(4)20-14/h8-11H,5-7H2,1-4H3. The van der Waals surface area contributed by atoms with Crippen LogP contribution in [0.4, 0.5) is 0 Å². The topological polar surface area (TPSA) is 52.2 Å². The van der Waals surface area contributed by atoms with Crippen molar-refractivity contribution in [2.75, 3.05) is 0 Å². The monoisotopic (exact) mass is 342 g/mol. The summed E-state index contributed by atoms with van der Waals surface area (Å²) in [6.07, 6.45) is 3.47. The van der Waals surface area contributed by atoms with Crippen LogP contribution in [-0.4, -0.2) is 20.3 Å². The zero-order chi connectivity index (χ0) is 17.3. The summed E-state index contributed by atoms with van der Waals surface area (Å²) in [6.45, 7) is 4.12. The van der Waals surface area contributed by atoms with Crippen LogP contribution in [0.25, 0.3) is 10.2 Å². The van der Waals surface area contributed by atoms with Crippen LogP contribution < -0.4 is 4.80 Å². The molecule has 0 aliphatic heterocycles. The van der Waals surface area contributed by atoms with E-state index in [0.29, 0.717) is 10.5 Å². The van der Waals surface area contributed by atoms with E-state index in [-0.39, 0.29) is 5.91 Å². The van der Waals surface area contributed by atoms with Gasteiger partial charge in [0.2, 0.25) is 0 Å². The number of hydrogen-bond acceptors (Lipinski definition) is 3. The Hall–Kier alpha value is -2.21. The van der Waals surface area contributed by atoms with Gasteiger partial charge in [0.1, 0.15) is 0 Å². The van der Waals surface area contributed by atoms with Crippen LogP contribution in [-0.2, 0) is 20.5 Å². The Kier molecular flexibility index (Phi) is 4.66. The molecule has 0 unspecified atom stereocenters. The van der Waals surface area contributed by atoms with E-state index in [1.54, 1.807) is 22.1 Å². The zero-order valence-electron chi connectivity index (χ0n) is 14.5. The summed E-state index contributed by atoms with van der Waals surface area (Å²) in [7, 11) is 3.77. The van der Waals surface area contributed by atoms with Crippen LogP contribution in [0.2, 0.25) is 0 Å². The van der Waals surface area contributed by atoms with E-state index in [1.807, 2.05) is 25.6 Å². The third-order valence-electron chi connectivity index (χ3n) is 4.22. The molecule has 0 spiro atoms. The molecule has 0 fully saturated rings. The number of fused-ring (bicyclic) bond motifs is 1. The fraction of sp³-hybridized carbons (Fsp3) is 0.389. The van der Waals surface area contributed by atoms with E-state index in [1.165, 1.54) is 18.4 Å². The highest BCUT2D eigenvalue weighted by Gasteiger charge is 2.11. The Labute approximate surface area is 145 Å². The van der Waals surface area contributed by atoms with Crippen molar-refractivity contribution in [1.82, 2.24) is 14.3 Å². The summed E-state index contributed by atoms with van der Waals surface area (Å²) in [5.74, 6) is -0.299. The molecule has 1 aromatic carbocycles. The van der Waals surface area contributed by atoms with Gasteiger partial charge in [-0.25, -0.2) is 0 Å². The van der Waals surface area contributed by atoms with Crippen molar-refractivity contribution in [3.63, 3.8) is 0 Å². The molecular formula is C18H22N4OS. The van der Waals surface area contributed by atoms with E-state index in [2.05, 4.69) is 35.2 Å². The fourth-order valence-corrected chi connectivity index (χ4v) is 3.71. The lowest BCUT2D eigenvalue weighted by Crippen LogP contribution is -2.13. The summed E-state index contributed by atoms with van der Waals surface area (Å²) in [5.41, 5.74) is 3.76. The van der Waals surface area contributed by atoms with Crippen molar-refractivity contribution in [2.24, 2.45) is 19.1 Å². The number of aryl methyl sites for hydroxylation is 4. The summed E-state index contributed by atoms with van der Waals surface area (Å²) in [4.78, 5) is 17.3. The number of benzene rings is 1. The van der Waals surface area contributed by atoms with Gasteiger partial charge in [-0.05, 0) is 43.5 Å². The van der Waals surface area contributed by atoms with Crippen molar-refractivity contribution in [2.45, 2.75) is 33.1 Å². The molecule has 0 radical (unpaired) electrons. The predicted molar refractivity (Wildman–Crippen MR) is 97.2 cm³/mol. The Bertz CT molecular complexity index is 942. The molecule has 24 heavy (non-hydrogen) atoms. The largest absolute Gasteiger partial charge is 0.319 e. The molecule has 0 aliphatic rings. The van der Waals surface area contributed by atoms with Crippen molar-refractivity contribution in [1.29, 1.82) is 0 Å². The number of rotatable bonds is 4. The van der Waals surface area contributed by atoms with Crippen LogP contribution in [0.15, 0.2) is 29.3 Å². The maximum Gasteiger partial charge on any atom is 0.300 e. The Balaban J connectivity index is 1.99. The van der Waals surface area contributed by atoms with Gasteiger partial charge in [-0.1, -0.05) is 30.7 Å². The highest BCUT2D eigenvalue weighted by Crippen LogP contribution is 2.19. The first-order valence-corrected chi connectivity index (χ1v) is 8.99. The van der Waals surface area contributed by atoms with Crippen LogP contribution >= 0.6 is 11.3 Å². The Morgan fingerprint density at radius 1 is 1.29 bits per heavy atom. The lowest BCUT2D eigenvalue weighted by molar-refractivity contribution is 0.0992. The van der Waals surface area contributed by atoms with Gasteiger partial charge < -0.3 is 4.57 Å². The Morgan fingerprint density at radius 3 is 2.75 bits per heavy atom. The van der Waals surface area contributed by atoms with Crippen LogP contribution in [0.3, 0.4) is 0 Å². The third kappa shape index (κ3) is 3.19. The number of aromatic nitrogens is 3. The molecule has 3 rings (SSSR count). The molecule has 0 N–H and O–H groups in total. The molecule has 2 heterocycles. The number of thiazole rings is 1. The smallest absolute Gasteiger partial charge is 0.300 e. The summed E-state index contributed by atoms with van der Waals surface area (Å²) in [6, 6.07) is 8.26. The SMILES string of the molecule is CCCCc1ccc2c(c1)sc(=NC(=O)c1cc(C)n(C)n1)n2C. The first-order valence-electron chi connectivity index (χ1n) is 8.17. The molecule has 5 nitrogen and oxygen atoms in total. The van der Waals surface area contributed by atoms with Crippen molar-refractivity contribution >= 4 is 27.5 Å². The average Bonchev–Trinajstić information content (AvgIpc) is 3.06. The molecule has 6 heteroatoms. The second kappa shape index (κ2) is 6.73. The van der Waals surface area contributed by atoms with E-state index in [0.717, 1.165) is 22.3 Å². The number of unbranched alkanes of at least 4 members (excludes halogenated alkanes) is 1. The lowest BCUT2D eigenvalue weighted by Gasteiger charge is -2.00. The molecule has 0 aliphatic carbocycles. The zero-order valence-corrected chi connectivity index (χ0v) is 15.4. The lowest BCUT2D eigenvalue weighted by atomic mass is 10.1. The highest BCUT2D eigenvalue weighted by atomic mass is 32.1. The minimum Gasteiger partial charge on any atom is -0.319 e. The molecule has 0 atom stereocenters. The number of hydrogen-bond donors (Lipinski definition) is 0. The first-order chi connectivity index (χ1) is 11.5. The summed E-state index contributed by atoms with van der Waals surface area (Å²) in [5, 5.41) is 4.21. The van der Waals surface area contributed by atoms with Gasteiger partial charge in [-0.2, -0.15) is 10.1 Å². The number of amides is 1. The van der Waals surface area contributed by atoms with Crippen LogP contribution in [0.1, 0.15) is 41.5 Å². The van der Waals surface area contributed by atoms with Gasteiger partial charge in [0.15, 0.2) is 10.5 Å². The molecule has 3 aromatic rings.